The van der Waals surface area contributed by atoms with E-state index in [2.05, 4.69) is 43.1 Å². The molecule has 1 aromatic rings. The SMILES string of the molecule is CC.Cc1ccc2c(c1)CCC(N)=C2NCS. The molecule has 0 saturated heterocycles. The fourth-order valence-corrected chi connectivity index (χ4v) is 2.19. The molecule has 0 amide bonds. The summed E-state index contributed by atoms with van der Waals surface area (Å²) in [5.74, 6) is 0.614. The van der Waals surface area contributed by atoms with Crippen molar-refractivity contribution in [2.75, 3.05) is 5.88 Å². The van der Waals surface area contributed by atoms with Crippen LogP contribution in [-0.4, -0.2) is 5.88 Å². The number of nitrogens with one attached hydrogen (secondary N) is 1. The highest BCUT2D eigenvalue weighted by Crippen LogP contribution is 2.27. The predicted octanol–water partition coefficient (Wildman–Crippen LogP) is 3.07. The number of fused-ring (bicyclic) bond motifs is 1. The third-order valence-electron chi connectivity index (χ3n) is 2.77. The monoisotopic (exact) mass is 250 g/mol. The van der Waals surface area contributed by atoms with Crippen LogP contribution < -0.4 is 11.1 Å². The Morgan fingerprint density at radius 3 is 2.65 bits per heavy atom. The first-order valence-electron chi connectivity index (χ1n) is 6.15. The molecule has 0 heterocycles. The van der Waals surface area contributed by atoms with Gasteiger partial charge in [-0.05, 0) is 25.3 Å². The molecule has 0 saturated carbocycles. The minimum absolute atomic E-state index is 0.614. The van der Waals surface area contributed by atoms with E-state index < -0.39 is 0 Å². The van der Waals surface area contributed by atoms with Gasteiger partial charge in [-0.3, -0.25) is 0 Å². The molecule has 0 aromatic heterocycles. The average Bonchev–Trinajstić information content (AvgIpc) is 2.35. The normalized spacial score (nSPS) is 13.6. The molecule has 3 N–H and O–H groups in total. The lowest BCUT2D eigenvalue weighted by molar-refractivity contribution is 0.873. The number of hydrogen-bond acceptors (Lipinski definition) is 3. The van der Waals surface area contributed by atoms with Crippen molar-refractivity contribution < 1.29 is 0 Å². The second kappa shape index (κ2) is 6.60. The Labute approximate surface area is 110 Å². The zero-order chi connectivity index (χ0) is 12.8. The topological polar surface area (TPSA) is 38.0 Å². The van der Waals surface area contributed by atoms with E-state index in [0.717, 1.165) is 24.2 Å². The maximum absolute atomic E-state index is 6.00. The Bertz CT molecular complexity index is 411. The fraction of sp³-hybridized carbons (Fsp3) is 0.429. The Balaban J connectivity index is 0.000000686. The van der Waals surface area contributed by atoms with Gasteiger partial charge in [0.1, 0.15) is 0 Å². The molecule has 1 aliphatic rings. The highest BCUT2D eigenvalue weighted by atomic mass is 32.1. The van der Waals surface area contributed by atoms with Crippen molar-refractivity contribution in [2.24, 2.45) is 5.73 Å². The molecule has 0 fully saturated rings. The van der Waals surface area contributed by atoms with Gasteiger partial charge in [-0.2, -0.15) is 12.6 Å². The highest BCUT2D eigenvalue weighted by molar-refractivity contribution is 7.80. The number of nitrogens with two attached hydrogens (primary N) is 1. The minimum atomic E-state index is 0.614. The lowest BCUT2D eigenvalue weighted by Gasteiger charge is -2.22. The van der Waals surface area contributed by atoms with E-state index in [1.165, 1.54) is 16.7 Å². The lowest BCUT2D eigenvalue weighted by atomic mass is 9.91. The minimum Gasteiger partial charge on any atom is -0.400 e. The molecule has 1 aliphatic carbocycles. The summed E-state index contributed by atoms with van der Waals surface area (Å²) in [7, 11) is 0. The van der Waals surface area contributed by atoms with Gasteiger partial charge in [0.25, 0.3) is 0 Å². The summed E-state index contributed by atoms with van der Waals surface area (Å²) in [5, 5.41) is 3.23. The van der Waals surface area contributed by atoms with Gasteiger partial charge >= 0.3 is 0 Å². The van der Waals surface area contributed by atoms with Crippen molar-refractivity contribution in [3.05, 3.63) is 40.6 Å². The quantitative estimate of drug-likeness (QED) is 0.557. The smallest absolute Gasteiger partial charge is 0.0613 e. The van der Waals surface area contributed by atoms with E-state index in [0.29, 0.717) is 5.88 Å². The van der Waals surface area contributed by atoms with Gasteiger partial charge in [-0.15, -0.1) is 0 Å². The molecule has 0 bridgehead atoms. The Morgan fingerprint density at radius 2 is 2.00 bits per heavy atom. The molecule has 2 nitrogen and oxygen atoms in total. The summed E-state index contributed by atoms with van der Waals surface area (Å²) >= 11 is 4.18. The molecule has 0 unspecified atom stereocenters. The lowest BCUT2D eigenvalue weighted by Crippen LogP contribution is -2.21. The van der Waals surface area contributed by atoms with Crippen LogP contribution in [0.2, 0.25) is 0 Å². The Morgan fingerprint density at radius 1 is 1.29 bits per heavy atom. The first-order valence-corrected chi connectivity index (χ1v) is 6.79. The van der Waals surface area contributed by atoms with Crippen molar-refractivity contribution in [1.29, 1.82) is 0 Å². The molecule has 0 atom stereocenters. The van der Waals surface area contributed by atoms with Gasteiger partial charge < -0.3 is 11.1 Å². The molecule has 17 heavy (non-hydrogen) atoms. The number of aryl methyl sites for hydroxylation is 2. The third-order valence-corrected chi connectivity index (χ3v) is 2.93. The van der Waals surface area contributed by atoms with Crippen molar-refractivity contribution in [3.63, 3.8) is 0 Å². The number of allylic oxidation sites excluding steroid dienone is 1. The molecule has 1 aromatic carbocycles. The van der Waals surface area contributed by atoms with Crippen molar-refractivity contribution in [3.8, 4) is 0 Å². The second-order valence-electron chi connectivity index (χ2n) is 3.90. The standard InChI is InChI=1S/C12H16N2S.C2H6/c1-8-2-4-10-9(6-8)3-5-11(13)12(10)14-7-15;1-2/h2,4,6,14-15H,3,5,7,13H2,1H3;1-2H3. The number of thiol groups is 1. The summed E-state index contributed by atoms with van der Waals surface area (Å²) in [6.07, 6.45) is 1.98. The first kappa shape index (κ1) is 14.0. The van der Waals surface area contributed by atoms with Crippen LogP contribution in [0, 0.1) is 6.92 Å². The fourth-order valence-electron chi connectivity index (χ4n) is 2.03. The third kappa shape index (κ3) is 3.19. The molecule has 94 valence electrons. The van der Waals surface area contributed by atoms with Gasteiger partial charge in [-0.25, -0.2) is 0 Å². The molecule has 2 rings (SSSR count). The van der Waals surface area contributed by atoms with Crippen LogP contribution in [0.3, 0.4) is 0 Å². The highest BCUT2D eigenvalue weighted by Gasteiger charge is 2.16. The molecule has 0 spiro atoms. The van der Waals surface area contributed by atoms with Crippen LogP contribution in [0.4, 0.5) is 0 Å². The molecular weight excluding hydrogens is 228 g/mol. The predicted molar refractivity (Wildman–Crippen MR) is 78.9 cm³/mol. The number of benzene rings is 1. The first-order chi connectivity index (χ1) is 8.22. The Hall–Kier alpha value is -1.09. The van der Waals surface area contributed by atoms with Crippen molar-refractivity contribution in [2.45, 2.75) is 33.6 Å². The van der Waals surface area contributed by atoms with E-state index in [4.69, 9.17) is 5.73 Å². The molecule has 0 aliphatic heterocycles. The molecule has 0 radical (unpaired) electrons. The largest absolute Gasteiger partial charge is 0.400 e. The van der Waals surface area contributed by atoms with Crippen LogP contribution in [0.15, 0.2) is 23.9 Å². The van der Waals surface area contributed by atoms with Crippen LogP contribution in [0.5, 0.6) is 0 Å². The molecule has 3 heteroatoms. The second-order valence-corrected chi connectivity index (χ2v) is 4.21. The summed E-state index contributed by atoms with van der Waals surface area (Å²) in [6, 6.07) is 6.50. The van der Waals surface area contributed by atoms with E-state index in [-0.39, 0.29) is 0 Å². The average molecular weight is 250 g/mol. The van der Waals surface area contributed by atoms with Gasteiger partial charge in [0, 0.05) is 11.3 Å². The summed E-state index contributed by atoms with van der Waals surface area (Å²) in [5.41, 5.74) is 11.9. The van der Waals surface area contributed by atoms with E-state index in [1.807, 2.05) is 13.8 Å². The van der Waals surface area contributed by atoms with E-state index in [9.17, 15) is 0 Å². The van der Waals surface area contributed by atoms with Gasteiger partial charge in [0.2, 0.25) is 0 Å². The maximum atomic E-state index is 6.00. The van der Waals surface area contributed by atoms with E-state index in [1.54, 1.807) is 0 Å². The van der Waals surface area contributed by atoms with Gasteiger partial charge in [-0.1, -0.05) is 37.6 Å². The summed E-state index contributed by atoms with van der Waals surface area (Å²) in [6.45, 7) is 6.12. The van der Waals surface area contributed by atoms with Gasteiger partial charge in [0.15, 0.2) is 0 Å². The number of rotatable bonds is 2. The van der Waals surface area contributed by atoms with Crippen molar-refractivity contribution in [1.82, 2.24) is 5.32 Å². The van der Waals surface area contributed by atoms with E-state index >= 15 is 0 Å². The zero-order valence-corrected chi connectivity index (χ0v) is 11.8. The zero-order valence-electron chi connectivity index (χ0n) is 10.9. The maximum Gasteiger partial charge on any atom is 0.0613 e. The van der Waals surface area contributed by atoms with Crippen molar-refractivity contribution >= 4 is 18.3 Å². The summed E-state index contributed by atoms with van der Waals surface area (Å²) < 4.78 is 0. The van der Waals surface area contributed by atoms with Gasteiger partial charge in [0.05, 0.1) is 11.6 Å². The molecular formula is C14H22N2S. The van der Waals surface area contributed by atoms with Crippen LogP contribution in [0.1, 0.15) is 37.0 Å². The van der Waals surface area contributed by atoms with Crippen LogP contribution >= 0.6 is 12.6 Å². The number of hydrogen-bond donors (Lipinski definition) is 3. The summed E-state index contributed by atoms with van der Waals surface area (Å²) in [4.78, 5) is 0. The van der Waals surface area contributed by atoms with Crippen LogP contribution in [0.25, 0.3) is 5.70 Å². The Kier molecular flexibility index (Phi) is 5.42. The van der Waals surface area contributed by atoms with Crippen LogP contribution in [-0.2, 0) is 6.42 Å².